The first-order chi connectivity index (χ1) is 12.4. The third-order valence-electron chi connectivity index (χ3n) is 5.10. The maximum absolute atomic E-state index is 12.6. The summed E-state index contributed by atoms with van der Waals surface area (Å²) in [6.07, 6.45) is -0.640. The number of carbonyl (C=O) groups is 3. The molecule has 1 unspecified atom stereocenters. The topological polar surface area (TPSA) is 90.4 Å². The number of methoxy groups -OCH3 is 1. The Labute approximate surface area is 151 Å². The Bertz CT molecular complexity index is 705. The summed E-state index contributed by atoms with van der Waals surface area (Å²) in [5.74, 6) is -0.225. The highest BCUT2D eigenvalue weighted by atomic mass is 16.5. The molecule has 2 aliphatic heterocycles. The van der Waals surface area contributed by atoms with Crippen molar-refractivity contribution in [1.29, 1.82) is 0 Å². The van der Waals surface area contributed by atoms with Gasteiger partial charge in [0, 0.05) is 31.9 Å². The molecule has 2 atom stereocenters. The molecule has 2 heterocycles. The second-order valence-electron chi connectivity index (χ2n) is 6.74. The molecule has 2 aliphatic rings. The van der Waals surface area contributed by atoms with Gasteiger partial charge in [-0.05, 0) is 23.6 Å². The smallest absolute Gasteiger partial charge is 0.407 e. The number of benzene rings is 1. The molecule has 0 spiro atoms. The minimum Gasteiger partial charge on any atom is -0.469 e. The summed E-state index contributed by atoms with van der Waals surface area (Å²) in [6, 6.07) is 7.36. The van der Waals surface area contributed by atoms with E-state index in [4.69, 9.17) is 9.84 Å². The molecule has 1 aromatic rings. The highest BCUT2D eigenvalue weighted by Gasteiger charge is 2.42. The summed E-state index contributed by atoms with van der Waals surface area (Å²) in [6.45, 7) is 3.52. The Morgan fingerprint density at radius 2 is 1.92 bits per heavy atom. The number of anilines is 1. The Balaban J connectivity index is 1.69. The zero-order valence-corrected chi connectivity index (χ0v) is 14.9. The number of hydrogen-bond acceptors (Lipinski definition) is 4. The van der Waals surface area contributed by atoms with Crippen LogP contribution >= 0.6 is 0 Å². The van der Waals surface area contributed by atoms with Crippen molar-refractivity contribution in [3.05, 3.63) is 29.8 Å². The summed E-state index contributed by atoms with van der Waals surface area (Å²) in [5.41, 5.74) is 1.78. The summed E-state index contributed by atoms with van der Waals surface area (Å²) < 4.78 is 4.70. The maximum Gasteiger partial charge on any atom is 0.407 e. The first-order valence-corrected chi connectivity index (χ1v) is 8.63. The molecule has 0 bridgehead atoms. The van der Waals surface area contributed by atoms with Gasteiger partial charge in [0.25, 0.3) is 0 Å². The summed E-state index contributed by atoms with van der Waals surface area (Å²) in [4.78, 5) is 40.0. The molecule has 2 saturated heterocycles. The number of fused-ring (bicyclic) bond motifs is 1. The lowest BCUT2D eigenvalue weighted by atomic mass is 9.97. The van der Waals surface area contributed by atoms with E-state index in [0.29, 0.717) is 32.6 Å². The van der Waals surface area contributed by atoms with Crippen LogP contribution in [0.4, 0.5) is 15.3 Å². The predicted molar refractivity (Wildman–Crippen MR) is 94.3 cm³/mol. The fraction of sp³-hybridized carbons (Fsp3) is 0.500. The monoisotopic (exact) mass is 361 g/mol. The predicted octanol–water partition coefficient (Wildman–Crippen LogP) is 1.96. The van der Waals surface area contributed by atoms with E-state index in [1.165, 1.54) is 12.0 Å². The molecule has 0 saturated carbocycles. The minimum absolute atomic E-state index is 0.0289. The molecule has 3 rings (SSSR count). The number of esters is 1. The number of urea groups is 1. The summed E-state index contributed by atoms with van der Waals surface area (Å²) in [5, 5.41) is 9.15. The number of rotatable bonds is 4. The zero-order valence-electron chi connectivity index (χ0n) is 14.9. The second-order valence-corrected chi connectivity index (χ2v) is 6.74. The van der Waals surface area contributed by atoms with Crippen LogP contribution < -0.4 is 4.90 Å². The summed E-state index contributed by atoms with van der Waals surface area (Å²) in [7, 11) is 1.37. The van der Waals surface area contributed by atoms with Crippen molar-refractivity contribution in [2.75, 3.05) is 38.2 Å². The van der Waals surface area contributed by atoms with Crippen molar-refractivity contribution in [1.82, 2.24) is 9.80 Å². The Morgan fingerprint density at radius 3 is 2.54 bits per heavy atom. The molecule has 0 aliphatic carbocycles. The first-order valence-electron chi connectivity index (χ1n) is 8.63. The summed E-state index contributed by atoms with van der Waals surface area (Å²) >= 11 is 0. The van der Waals surface area contributed by atoms with Crippen LogP contribution in [0.3, 0.4) is 0 Å². The van der Waals surface area contributed by atoms with Gasteiger partial charge in [-0.2, -0.15) is 0 Å². The van der Waals surface area contributed by atoms with E-state index in [-0.39, 0.29) is 24.0 Å². The van der Waals surface area contributed by atoms with Gasteiger partial charge in [-0.15, -0.1) is 0 Å². The standard InChI is InChI=1S/C18H23N3O5/c1-12(9-16(22)26-2)13-3-5-14(6-4-13)21-11-15-10-19(18(24)25)7-8-20(15)17(21)23/h3-6,12,15H,7-11H2,1-2H3,(H,24,25)/t12?,15-/m0/s1. The van der Waals surface area contributed by atoms with Crippen molar-refractivity contribution in [2.24, 2.45) is 0 Å². The molecule has 1 N–H and O–H groups in total. The fourth-order valence-electron chi connectivity index (χ4n) is 3.53. The lowest BCUT2D eigenvalue weighted by Gasteiger charge is -2.34. The Kier molecular flexibility index (Phi) is 5.01. The van der Waals surface area contributed by atoms with Gasteiger partial charge in [-0.1, -0.05) is 19.1 Å². The highest BCUT2D eigenvalue weighted by molar-refractivity contribution is 5.95. The van der Waals surface area contributed by atoms with Crippen molar-refractivity contribution in [3.63, 3.8) is 0 Å². The van der Waals surface area contributed by atoms with Crippen LogP contribution in [0, 0.1) is 0 Å². The number of hydrogen-bond donors (Lipinski definition) is 1. The Morgan fingerprint density at radius 1 is 1.23 bits per heavy atom. The molecule has 0 aromatic heterocycles. The lowest BCUT2D eigenvalue weighted by Crippen LogP contribution is -2.53. The molecular formula is C18H23N3O5. The largest absolute Gasteiger partial charge is 0.469 e. The maximum atomic E-state index is 12.6. The van der Waals surface area contributed by atoms with Crippen molar-refractivity contribution in [3.8, 4) is 0 Å². The second kappa shape index (κ2) is 7.23. The molecule has 3 amide bonds. The van der Waals surface area contributed by atoms with E-state index >= 15 is 0 Å². The van der Waals surface area contributed by atoms with E-state index in [1.807, 2.05) is 31.2 Å². The van der Waals surface area contributed by atoms with Gasteiger partial charge in [0.15, 0.2) is 0 Å². The van der Waals surface area contributed by atoms with Crippen LogP contribution in [0.5, 0.6) is 0 Å². The quantitative estimate of drug-likeness (QED) is 0.828. The van der Waals surface area contributed by atoms with Crippen LogP contribution in [-0.2, 0) is 9.53 Å². The van der Waals surface area contributed by atoms with Gasteiger partial charge in [-0.25, -0.2) is 9.59 Å². The minimum atomic E-state index is -0.945. The SMILES string of the molecule is COC(=O)CC(C)c1ccc(N2C[C@@H]3CN(C(=O)O)CCN3C2=O)cc1. The lowest BCUT2D eigenvalue weighted by molar-refractivity contribution is -0.140. The van der Waals surface area contributed by atoms with Crippen LogP contribution in [0.2, 0.25) is 0 Å². The number of piperazine rings is 1. The Hall–Kier alpha value is -2.77. The van der Waals surface area contributed by atoms with Gasteiger partial charge in [-0.3, -0.25) is 9.69 Å². The molecule has 8 heteroatoms. The fourth-order valence-corrected chi connectivity index (χ4v) is 3.53. The number of amides is 3. The van der Waals surface area contributed by atoms with Crippen molar-refractivity contribution < 1.29 is 24.2 Å². The van der Waals surface area contributed by atoms with E-state index in [1.54, 1.807) is 9.80 Å². The van der Waals surface area contributed by atoms with E-state index in [2.05, 4.69) is 0 Å². The molecule has 26 heavy (non-hydrogen) atoms. The van der Waals surface area contributed by atoms with Gasteiger partial charge in [0.05, 0.1) is 19.6 Å². The molecule has 1 aromatic carbocycles. The molecular weight excluding hydrogens is 338 g/mol. The van der Waals surface area contributed by atoms with E-state index < -0.39 is 6.09 Å². The average Bonchev–Trinajstić information content (AvgIpc) is 2.97. The molecule has 8 nitrogen and oxygen atoms in total. The van der Waals surface area contributed by atoms with Crippen molar-refractivity contribution in [2.45, 2.75) is 25.3 Å². The number of nitrogens with zero attached hydrogens (tertiary/aromatic N) is 3. The van der Waals surface area contributed by atoms with Gasteiger partial charge in [0.2, 0.25) is 0 Å². The van der Waals surface area contributed by atoms with Crippen LogP contribution in [0.15, 0.2) is 24.3 Å². The number of carbonyl (C=O) groups excluding carboxylic acids is 2. The van der Waals surface area contributed by atoms with Gasteiger partial charge >= 0.3 is 18.1 Å². The third-order valence-corrected chi connectivity index (χ3v) is 5.10. The first kappa shape index (κ1) is 18.0. The molecule has 140 valence electrons. The molecule has 2 fully saturated rings. The zero-order chi connectivity index (χ0) is 18.8. The van der Waals surface area contributed by atoms with E-state index in [0.717, 1.165) is 11.3 Å². The van der Waals surface area contributed by atoms with Gasteiger partial charge in [0.1, 0.15) is 0 Å². The normalized spacial score (nSPS) is 20.8. The highest BCUT2D eigenvalue weighted by Crippen LogP contribution is 2.28. The van der Waals surface area contributed by atoms with Crippen LogP contribution in [0.25, 0.3) is 0 Å². The van der Waals surface area contributed by atoms with Crippen molar-refractivity contribution >= 4 is 23.8 Å². The van der Waals surface area contributed by atoms with E-state index in [9.17, 15) is 14.4 Å². The van der Waals surface area contributed by atoms with Gasteiger partial charge < -0.3 is 19.6 Å². The van der Waals surface area contributed by atoms with Crippen LogP contribution in [0.1, 0.15) is 24.8 Å². The molecule has 0 radical (unpaired) electrons. The third kappa shape index (κ3) is 3.44. The number of carboxylic acid groups (broad SMARTS) is 1. The number of ether oxygens (including phenoxy) is 1. The average molecular weight is 361 g/mol. The van der Waals surface area contributed by atoms with Crippen LogP contribution in [-0.4, -0.2) is 72.3 Å².